The van der Waals surface area contributed by atoms with Gasteiger partial charge in [0.1, 0.15) is 17.1 Å². The lowest BCUT2D eigenvalue weighted by molar-refractivity contribution is -0.139. The van der Waals surface area contributed by atoms with Crippen molar-refractivity contribution in [1.29, 1.82) is 0 Å². The van der Waals surface area contributed by atoms with Gasteiger partial charge < -0.3 is 19.8 Å². The molecule has 0 radical (unpaired) electrons. The summed E-state index contributed by atoms with van der Waals surface area (Å²) in [5.41, 5.74) is 3.43. The van der Waals surface area contributed by atoms with E-state index in [1.165, 1.54) is 6.07 Å². The molecule has 0 bridgehead atoms. The van der Waals surface area contributed by atoms with Gasteiger partial charge in [-0.2, -0.15) is 0 Å². The molecule has 1 amide bonds. The van der Waals surface area contributed by atoms with E-state index in [4.69, 9.17) is 9.57 Å². The fraction of sp³-hybridized carbons (Fsp3) is 0.440. The van der Waals surface area contributed by atoms with E-state index in [1.54, 1.807) is 17.1 Å². The Morgan fingerprint density at radius 2 is 2.00 bits per heavy atom. The minimum atomic E-state index is -0.693. The number of phenols is 2. The Kier molecular flexibility index (Phi) is 8.95. The Balaban J connectivity index is 1.83. The highest BCUT2D eigenvalue weighted by atomic mass is 16.6. The zero-order valence-electron chi connectivity index (χ0n) is 19.0. The van der Waals surface area contributed by atoms with Gasteiger partial charge in [-0.15, -0.1) is 0 Å². The van der Waals surface area contributed by atoms with E-state index in [0.717, 1.165) is 44.8 Å². The van der Waals surface area contributed by atoms with E-state index in [2.05, 4.69) is 18.5 Å². The number of hydrogen-bond donors (Lipinski definition) is 3. The molecule has 178 valence electrons. The number of amides is 1. The van der Waals surface area contributed by atoms with Crippen molar-refractivity contribution >= 4 is 18.0 Å². The minimum absolute atomic E-state index is 0.0562. The molecule has 8 heteroatoms. The van der Waals surface area contributed by atoms with Crippen LogP contribution >= 0.6 is 0 Å². The van der Waals surface area contributed by atoms with E-state index in [0.29, 0.717) is 12.1 Å². The van der Waals surface area contributed by atoms with Crippen LogP contribution in [0, 0.1) is 5.92 Å². The van der Waals surface area contributed by atoms with E-state index < -0.39 is 5.97 Å². The first kappa shape index (κ1) is 24.4. The summed E-state index contributed by atoms with van der Waals surface area (Å²) >= 11 is 0. The third-order valence-electron chi connectivity index (χ3n) is 5.53. The highest BCUT2D eigenvalue weighted by Gasteiger charge is 2.20. The quantitative estimate of drug-likeness (QED) is 0.360. The van der Waals surface area contributed by atoms with E-state index in [-0.39, 0.29) is 47.7 Å². The minimum Gasteiger partial charge on any atom is -0.508 e. The van der Waals surface area contributed by atoms with Crippen molar-refractivity contribution in [2.75, 3.05) is 26.3 Å². The normalized spacial score (nSPS) is 22.3. The standard InChI is InChI=1S/C25H32N2O6/c1-18-8-3-6-13-32-25(31)24-19(15-21(28)16-22(24)29)14-20(10-7-9-18)26-33-17-23(30)27-11-4-2-5-12-27/h3,7-8,10,14-16,18,26,28-29H,2,4-6,9,11-13,17H2,1H3/b8-3?,10-7+,20-14-. The van der Waals surface area contributed by atoms with Crippen LogP contribution in [0.1, 0.15) is 54.9 Å². The largest absolute Gasteiger partial charge is 0.508 e. The number of rotatable bonds is 4. The van der Waals surface area contributed by atoms with Crippen molar-refractivity contribution in [2.45, 2.75) is 39.0 Å². The summed E-state index contributed by atoms with van der Waals surface area (Å²) in [6.07, 6.45) is 13.8. The summed E-state index contributed by atoms with van der Waals surface area (Å²) in [6.45, 7) is 3.60. The summed E-state index contributed by atoms with van der Waals surface area (Å²) in [6, 6.07) is 2.45. The molecule has 8 nitrogen and oxygen atoms in total. The third kappa shape index (κ3) is 7.39. The molecule has 0 saturated carbocycles. The van der Waals surface area contributed by atoms with Crippen LogP contribution in [0.15, 0.2) is 42.1 Å². The van der Waals surface area contributed by atoms with E-state index in [9.17, 15) is 19.8 Å². The van der Waals surface area contributed by atoms with Crippen LogP contribution in [0.4, 0.5) is 0 Å². The zero-order valence-corrected chi connectivity index (χ0v) is 19.0. The highest BCUT2D eigenvalue weighted by Crippen LogP contribution is 2.30. The molecule has 2 aliphatic rings. The number of hydrogen-bond acceptors (Lipinski definition) is 7. The van der Waals surface area contributed by atoms with Gasteiger partial charge in [0.2, 0.25) is 0 Å². The molecule has 1 aromatic carbocycles. The van der Waals surface area contributed by atoms with Crippen molar-refractivity contribution in [3.8, 4) is 11.5 Å². The van der Waals surface area contributed by atoms with Crippen LogP contribution < -0.4 is 5.48 Å². The molecule has 0 spiro atoms. The second kappa shape index (κ2) is 12.1. The first-order chi connectivity index (χ1) is 15.9. The Labute approximate surface area is 194 Å². The second-order valence-electron chi connectivity index (χ2n) is 8.33. The maximum atomic E-state index is 12.6. The van der Waals surface area contributed by atoms with Crippen LogP contribution in [0.5, 0.6) is 11.5 Å². The van der Waals surface area contributed by atoms with Crippen LogP contribution in [0.25, 0.3) is 6.08 Å². The second-order valence-corrected chi connectivity index (χ2v) is 8.33. The Morgan fingerprint density at radius 1 is 1.21 bits per heavy atom. The molecule has 2 heterocycles. The van der Waals surface area contributed by atoms with Crippen molar-refractivity contribution < 1.29 is 29.4 Å². The van der Waals surface area contributed by atoms with E-state index in [1.807, 2.05) is 12.2 Å². The molecule has 33 heavy (non-hydrogen) atoms. The van der Waals surface area contributed by atoms with Crippen LogP contribution in [0.3, 0.4) is 0 Å². The third-order valence-corrected chi connectivity index (χ3v) is 5.53. The molecule has 1 fully saturated rings. The number of likely N-dealkylation sites (tertiary alicyclic amines) is 1. The van der Waals surface area contributed by atoms with Gasteiger partial charge in [-0.25, -0.2) is 4.79 Å². The van der Waals surface area contributed by atoms with Crippen molar-refractivity contribution in [2.24, 2.45) is 5.92 Å². The van der Waals surface area contributed by atoms with Crippen molar-refractivity contribution in [3.05, 3.63) is 53.3 Å². The predicted molar refractivity (Wildman–Crippen MR) is 124 cm³/mol. The summed E-state index contributed by atoms with van der Waals surface area (Å²) in [7, 11) is 0. The van der Waals surface area contributed by atoms with Gasteiger partial charge in [0, 0.05) is 19.2 Å². The number of fused-ring (bicyclic) bond motifs is 1. The number of allylic oxidation sites excluding steroid dienone is 3. The molecule has 3 N–H and O–H groups in total. The number of benzene rings is 1. The molecule has 1 unspecified atom stereocenters. The molecular formula is C25H32N2O6. The van der Waals surface area contributed by atoms with Crippen LogP contribution in [-0.4, -0.2) is 53.3 Å². The predicted octanol–water partition coefficient (Wildman–Crippen LogP) is 3.67. The fourth-order valence-corrected chi connectivity index (χ4v) is 3.77. The lowest BCUT2D eigenvalue weighted by atomic mass is 10.0. The molecule has 1 saturated heterocycles. The zero-order chi connectivity index (χ0) is 23.6. The summed E-state index contributed by atoms with van der Waals surface area (Å²) in [5.74, 6) is -1.08. The molecule has 0 aliphatic carbocycles. The van der Waals surface area contributed by atoms with Crippen molar-refractivity contribution in [1.82, 2.24) is 10.4 Å². The summed E-state index contributed by atoms with van der Waals surface area (Å²) < 4.78 is 5.30. The van der Waals surface area contributed by atoms with Gasteiger partial charge >= 0.3 is 5.97 Å². The first-order valence-corrected chi connectivity index (χ1v) is 11.4. The fourth-order valence-electron chi connectivity index (χ4n) is 3.77. The van der Waals surface area contributed by atoms with Gasteiger partial charge in [-0.05, 0) is 61.8 Å². The number of esters is 1. The van der Waals surface area contributed by atoms with E-state index >= 15 is 0 Å². The van der Waals surface area contributed by atoms with Crippen molar-refractivity contribution in [3.63, 3.8) is 0 Å². The Morgan fingerprint density at radius 3 is 2.79 bits per heavy atom. The number of aromatic hydroxyl groups is 2. The number of phenolic OH excluding ortho intramolecular Hbond substituents is 2. The number of piperidine rings is 1. The molecular weight excluding hydrogens is 424 g/mol. The lowest BCUT2D eigenvalue weighted by Crippen LogP contribution is -2.39. The summed E-state index contributed by atoms with van der Waals surface area (Å²) in [5, 5.41) is 20.3. The maximum absolute atomic E-state index is 12.6. The van der Waals surface area contributed by atoms with Gasteiger partial charge in [0.05, 0.1) is 12.3 Å². The monoisotopic (exact) mass is 456 g/mol. The molecule has 3 rings (SSSR count). The SMILES string of the molecule is CC1C=CCCOC(=O)c2c(O)cc(O)cc2/C=C(NOCC(=O)N2CCCCC2)/C=C/C1. The topological polar surface area (TPSA) is 108 Å². The van der Waals surface area contributed by atoms with Crippen LogP contribution in [0.2, 0.25) is 0 Å². The van der Waals surface area contributed by atoms with Crippen LogP contribution in [-0.2, 0) is 14.4 Å². The number of nitrogens with one attached hydrogen (secondary N) is 1. The molecule has 2 aliphatic heterocycles. The highest BCUT2D eigenvalue weighted by molar-refractivity contribution is 5.97. The summed E-state index contributed by atoms with van der Waals surface area (Å²) in [4.78, 5) is 32.3. The van der Waals surface area contributed by atoms with Gasteiger partial charge in [0.15, 0.2) is 6.61 Å². The average molecular weight is 457 g/mol. The number of carbonyl (C=O) groups is 2. The smallest absolute Gasteiger partial charge is 0.342 e. The number of cyclic esters (lactones) is 1. The molecule has 1 atom stereocenters. The van der Waals surface area contributed by atoms with Gasteiger partial charge in [0.25, 0.3) is 5.91 Å². The molecule has 1 aromatic rings. The number of nitrogens with zero attached hydrogens (tertiary/aromatic N) is 1. The molecule has 0 aromatic heterocycles. The number of ether oxygens (including phenoxy) is 1. The number of hydroxylamine groups is 1. The number of carbonyl (C=O) groups excluding carboxylic acids is 2. The maximum Gasteiger partial charge on any atom is 0.342 e. The Bertz CT molecular complexity index is 931. The Hall–Kier alpha value is -3.26. The van der Waals surface area contributed by atoms with Gasteiger partial charge in [-0.1, -0.05) is 25.2 Å². The lowest BCUT2D eigenvalue weighted by Gasteiger charge is -2.26. The average Bonchev–Trinajstić information content (AvgIpc) is 2.78. The first-order valence-electron chi connectivity index (χ1n) is 11.4. The van der Waals surface area contributed by atoms with Gasteiger partial charge in [-0.3, -0.25) is 15.1 Å².